The van der Waals surface area contributed by atoms with E-state index in [0.717, 1.165) is 19.2 Å². The molecule has 0 aromatic heterocycles. The summed E-state index contributed by atoms with van der Waals surface area (Å²) in [6, 6.07) is 4.53. The van der Waals surface area contributed by atoms with Gasteiger partial charge in [0.15, 0.2) is 35.7 Å². The number of phenols is 2. The number of carbonyl (C=O) groups excluding carboxylic acids is 1. The number of nitrogens with zero attached hydrogens (tertiary/aromatic N) is 1. The van der Waals surface area contributed by atoms with Crippen LogP contribution >= 0.6 is 0 Å². The minimum atomic E-state index is -1.83. The maximum Gasteiger partial charge on any atom is 0.342 e. The van der Waals surface area contributed by atoms with E-state index in [1.54, 1.807) is 0 Å². The second kappa shape index (κ2) is 13.8. The quantitative estimate of drug-likeness (QED) is 0.0649. The molecule has 1 fully saturated rings. The molecule has 0 amide bonds. The highest BCUT2D eigenvalue weighted by molar-refractivity contribution is 5.95. The molecule has 230 valence electrons. The van der Waals surface area contributed by atoms with Gasteiger partial charge in [0.05, 0.1) is 19.8 Å². The average molecular weight is 598 g/mol. The first-order valence-electron chi connectivity index (χ1n) is 12.1. The van der Waals surface area contributed by atoms with Crippen LogP contribution in [0.15, 0.2) is 29.3 Å². The summed E-state index contributed by atoms with van der Waals surface area (Å²) in [6.45, 7) is -0.953. The summed E-state index contributed by atoms with van der Waals surface area (Å²) in [4.78, 5) is 27.9. The highest BCUT2D eigenvalue weighted by Gasteiger charge is 2.46. The second-order valence-corrected chi connectivity index (χ2v) is 8.63. The molecule has 1 heterocycles. The van der Waals surface area contributed by atoms with Gasteiger partial charge in [0.25, 0.3) is 0 Å². The molecule has 3 rings (SSSR count). The van der Waals surface area contributed by atoms with Crippen LogP contribution in [0.2, 0.25) is 0 Å². The third-order valence-corrected chi connectivity index (χ3v) is 6.04. The van der Waals surface area contributed by atoms with Crippen molar-refractivity contribution in [3.8, 4) is 34.5 Å². The minimum absolute atomic E-state index is 0.0323. The number of aliphatic hydroxyl groups excluding tert-OH is 3. The van der Waals surface area contributed by atoms with E-state index in [-0.39, 0.29) is 35.5 Å². The Balaban J connectivity index is 1.78. The Hall–Kier alpha value is -4.71. The van der Waals surface area contributed by atoms with Crippen molar-refractivity contribution in [2.24, 2.45) is 10.7 Å². The van der Waals surface area contributed by atoms with E-state index in [0.29, 0.717) is 0 Å². The van der Waals surface area contributed by atoms with E-state index < -0.39 is 72.1 Å². The van der Waals surface area contributed by atoms with Crippen molar-refractivity contribution in [2.75, 3.05) is 34.6 Å². The van der Waals surface area contributed by atoms with Crippen molar-refractivity contribution in [3.63, 3.8) is 0 Å². The molecule has 2 aromatic carbocycles. The van der Waals surface area contributed by atoms with Gasteiger partial charge in [0.1, 0.15) is 36.6 Å². The molecular formula is C25H31N3O14. The van der Waals surface area contributed by atoms with Gasteiger partial charge in [-0.3, -0.25) is 4.99 Å². The molecule has 0 radical (unpaired) electrons. The van der Waals surface area contributed by atoms with Crippen molar-refractivity contribution in [1.82, 2.24) is 5.32 Å². The third kappa shape index (κ3) is 6.95. The normalized spacial score (nSPS) is 22.1. The van der Waals surface area contributed by atoms with Crippen molar-refractivity contribution in [1.29, 1.82) is 0 Å². The number of aliphatic imine (C=N–C) groups is 1. The van der Waals surface area contributed by atoms with E-state index in [1.807, 2.05) is 0 Å². The first-order valence-corrected chi connectivity index (χ1v) is 12.1. The van der Waals surface area contributed by atoms with Crippen molar-refractivity contribution < 1.29 is 68.6 Å². The van der Waals surface area contributed by atoms with Gasteiger partial charge >= 0.3 is 11.9 Å². The van der Waals surface area contributed by atoms with E-state index in [9.17, 15) is 40.2 Å². The van der Waals surface area contributed by atoms with Gasteiger partial charge in [-0.25, -0.2) is 9.59 Å². The number of phenolic OH excluding ortho intramolecular Hbond substituents is 2. The smallest absolute Gasteiger partial charge is 0.342 e. The zero-order chi connectivity index (χ0) is 31.1. The molecular weight excluding hydrogens is 566 g/mol. The van der Waals surface area contributed by atoms with Crippen LogP contribution in [0.3, 0.4) is 0 Å². The number of rotatable bonds is 11. The molecule has 2 aromatic rings. The summed E-state index contributed by atoms with van der Waals surface area (Å²) >= 11 is 0. The molecule has 1 aliphatic heterocycles. The average Bonchev–Trinajstić information content (AvgIpc) is 2.97. The third-order valence-electron chi connectivity index (χ3n) is 6.04. The van der Waals surface area contributed by atoms with Crippen LogP contribution in [0.1, 0.15) is 20.7 Å². The lowest BCUT2D eigenvalue weighted by Crippen LogP contribution is -2.60. The van der Waals surface area contributed by atoms with Crippen LogP contribution in [0.4, 0.5) is 0 Å². The summed E-state index contributed by atoms with van der Waals surface area (Å²) < 4.78 is 31.7. The lowest BCUT2D eigenvalue weighted by Gasteiger charge is -2.40. The summed E-state index contributed by atoms with van der Waals surface area (Å²) in [5.41, 5.74) is 4.93. The van der Waals surface area contributed by atoms with Gasteiger partial charge in [0, 0.05) is 13.1 Å². The number of aromatic hydroxyl groups is 2. The molecule has 17 heteroatoms. The molecule has 5 atom stereocenters. The molecule has 0 spiro atoms. The van der Waals surface area contributed by atoms with Crippen molar-refractivity contribution in [3.05, 3.63) is 35.4 Å². The number of carbonyl (C=O) groups is 2. The van der Waals surface area contributed by atoms with E-state index >= 15 is 0 Å². The monoisotopic (exact) mass is 597 g/mol. The second-order valence-electron chi connectivity index (χ2n) is 8.63. The fourth-order valence-corrected chi connectivity index (χ4v) is 3.75. The first kappa shape index (κ1) is 31.8. The topological polar surface area (TPSA) is 261 Å². The highest BCUT2D eigenvalue weighted by Crippen LogP contribution is 2.45. The fraction of sp³-hybridized carbons (Fsp3) is 0.400. The number of hydrogen-bond acceptors (Lipinski definition) is 14. The molecule has 0 bridgehead atoms. The fourth-order valence-electron chi connectivity index (χ4n) is 3.75. The SMILES string of the molecule is CN=C(N)NCOc1cc(C(=O)O)ccc1OC1OC(COC(=O)c2cc(OC)c(O)c(OC)c2O)C(O)C(O)C1O. The highest BCUT2D eigenvalue weighted by atomic mass is 16.7. The number of carboxylic acids is 1. The van der Waals surface area contributed by atoms with Crippen LogP contribution in [-0.2, 0) is 9.47 Å². The number of esters is 1. The van der Waals surface area contributed by atoms with Crippen LogP contribution < -0.4 is 30.0 Å². The van der Waals surface area contributed by atoms with Crippen LogP contribution in [0, 0.1) is 0 Å². The predicted molar refractivity (Wildman–Crippen MR) is 140 cm³/mol. The van der Waals surface area contributed by atoms with E-state index in [2.05, 4.69) is 10.3 Å². The Kier molecular flexibility index (Phi) is 10.4. The van der Waals surface area contributed by atoms with Crippen LogP contribution in [-0.4, -0.2) is 114 Å². The summed E-state index contributed by atoms with van der Waals surface area (Å²) in [5.74, 6) is -4.57. The lowest BCUT2D eigenvalue weighted by molar-refractivity contribution is -0.277. The Morgan fingerprint density at radius 3 is 2.33 bits per heavy atom. The van der Waals surface area contributed by atoms with E-state index in [4.69, 9.17) is 34.2 Å². The number of guanidine groups is 1. The number of nitrogens with one attached hydrogen (secondary N) is 1. The van der Waals surface area contributed by atoms with Crippen molar-refractivity contribution in [2.45, 2.75) is 30.7 Å². The number of benzene rings is 2. The maximum absolute atomic E-state index is 12.7. The molecule has 17 nitrogen and oxygen atoms in total. The maximum atomic E-state index is 12.7. The van der Waals surface area contributed by atoms with Gasteiger partial charge in [-0.05, 0) is 18.2 Å². The summed E-state index contributed by atoms with van der Waals surface area (Å²) in [6.07, 6.45) is -8.52. The molecule has 42 heavy (non-hydrogen) atoms. The Morgan fingerprint density at radius 1 is 1.00 bits per heavy atom. The predicted octanol–water partition coefficient (Wildman–Crippen LogP) is -1.27. The Bertz CT molecular complexity index is 1320. The first-order chi connectivity index (χ1) is 19.9. The minimum Gasteiger partial charge on any atom is -0.504 e. The van der Waals surface area contributed by atoms with Gasteiger partial charge in [-0.15, -0.1) is 0 Å². The van der Waals surface area contributed by atoms with Gasteiger partial charge in [-0.2, -0.15) is 0 Å². The molecule has 0 saturated carbocycles. The summed E-state index contributed by atoms with van der Waals surface area (Å²) in [7, 11) is 3.77. The van der Waals surface area contributed by atoms with Gasteiger partial charge in [-0.1, -0.05) is 0 Å². The number of nitrogens with two attached hydrogens (primary N) is 1. The van der Waals surface area contributed by atoms with E-state index in [1.165, 1.54) is 26.3 Å². The molecule has 1 saturated heterocycles. The Labute approximate surface area is 238 Å². The standard InChI is InChI=1S/C25H31N3O14/c1-27-25(26)28-9-40-13-6-10(22(34)35)4-5-12(13)41-24-20(33)19(32)17(30)15(42-24)8-39-23(36)11-7-14(37-2)18(31)21(38-3)16(11)29/h4-7,15,17,19-20,24,29-33H,8-9H2,1-3H3,(H,34,35)(H3,26,27,28). The molecule has 9 N–H and O–H groups in total. The van der Waals surface area contributed by atoms with Crippen molar-refractivity contribution >= 4 is 17.9 Å². The number of aliphatic hydroxyl groups is 3. The van der Waals surface area contributed by atoms with Gasteiger partial charge in [0.2, 0.25) is 17.8 Å². The summed E-state index contributed by atoms with van der Waals surface area (Å²) in [5, 5.41) is 63.7. The van der Waals surface area contributed by atoms with Crippen LogP contribution in [0.25, 0.3) is 0 Å². The Morgan fingerprint density at radius 2 is 1.71 bits per heavy atom. The molecule has 0 aliphatic carbocycles. The zero-order valence-electron chi connectivity index (χ0n) is 22.6. The lowest BCUT2D eigenvalue weighted by atomic mass is 9.99. The number of hydrogen-bond donors (Lipinski definition) is 8. The zero-order valence-corrected chi connectivity index (χ0v) is 22.6. The number of ether oxygens (including phenoxy) is 6. The number of carboxylic acid groups (broad SMARTS) is 1. The number of aromatic carboxylic acids is 1. The molecule has 5 unspecified atom stereocenters. The largest absolute Gasteiger partial charge is 0.504 e. The molecule has 1 aliphatic rings. The number of methoxy groups -OCH3 is 2. The van der Waals surface area contributed by atoms with Gasteiger partial charge < -0.3 is 70.1 Å². The van der Waals surface area contributed by atoms with Crippen LogP contribution in [0.5, 0.6) is 34.5 Å².